The summed E-state index contributed by atoms with van der Waals surface area (Å²) < 4.78 is 8.37. The van der Waals surface area contributed by atoms with Crippen molar-refractivity contribution in [2.45, 2.75) is 32.8 Å². The zero-order valence-corrected chi connectivity index (χ0v) is 22.9. The summed E-state index contributed by atoms with van der Waals surface area (Å²) in [7, 11) is 3.91. The molecule has 1 aromatic heterocycles. The number of fused-ring (bicyclic) bond motifs is 1. The Morgan fingerprint density at radius 2 is 1.97 bits per heavy atom. The van der Waals surface area contributed by atoms with Crippen molar-refractivity contribution in [3.63, 3.8) is 0 Å². The van der Waals surface area contributed by atoms with E-state index in [1.165, 1.54) is 4.68 Å². The van der Waals surface area contributed by atoms with E-state index in [-0.39, 0.29) is 18.1 Å². The molecule has 8 heteroatoms. The van der Waals surface area contributed by atoms with Crippen LogP contribution in [-0.2, 0) is 6.61 Å². The molecule has 0 radical (unpaired) electrons. The van der Waals surface area contributed by atoms with E-state index >= 15 is 0 Å². The molecule has 0 fully saturated rings. The third-order valence-electron chi connectivity index (χ3n) is 6.23. The lowest BCUT2D eigenvalue weighted by Crippen LogP contribution is -2.23. The first kappa shape index (κ1) is 26.1. The molecule has 0 aliphatic rings. The van der Waals surface area contributed by atoms with Crippen LogP contribution in [0.1, 0.15) is 48.7 Å². The van der Waals surface area contributed by atoms with Gasteiger partial charge in [-0.25, -0.2) is 4.98 Å². The highest BCUT2D eigenvalue weighted by atomic mass is 79.9. The summed E-state index contributed by atoms with van der Waals surface area (Å²) >= 11 is 3.45. The lowest BCUT2D eigenvalue weighted by atomic mass is 10.1. The van der Waals surface area contributed by atoms with Crippen LogP contribution in [-0.4, -0.2) is 30.0 Å². The molecular formula is C29H28BrN5O2. The average molecular weight is 558 g/mol. The van der Waals surface area contributed by atoms with Crippen molar-refractivity contribution < 1.29 is 4.74 Å². The molecule has 0 saturated heterocycles. The molecule has 3 aromatic carbocycles. The predicted octanol–water partition coefficient (Wildman–Crippen LogP) is 6.07. The van der Waals surface area contributed by atoms with E-state index in [9.17, 15) is 10.1 Å². The SMILES string of the molecule is CC[C@H](C)c1nc2ccc(Br)cc2c(=O)n1N=Cc1ccc(N(C)C)cc1OCc1ccccc1C#N. The topological polar surface area (TPSA) is 83.5 Å². The number of aromatic nitrogens is 2. The molecule has 0 unspecified atom stereocenters. The summed E-state index contributed by atoms with van der Waals surface area (Å²) in [6.07, 6.45) is 2.44. The minimum Gasteiger partial charge on any atom is -0.488 e. The lowest BCUT2D eigenvalue weighted by molar-refractivity contribution is 0.305. The van der Waals surface area contributed by atoms with Crippen LogP contribution in [0.25, 0.3) is 10.9 Å². The normalized spacial score (nSPS) is 12.0. The Hall–Kier alpha value is -3.96. The van der Waals surface area contributed by atoms with Crippen LogP contribution in [0.5, 0.6) is 5.75 Å². The summed E-state index contributed by atoms with van der Waals surface area (Å²) in [6.45, 7) is 4.32. The highest BCUT2D eigenvalue weighted by molar-refractivity contribution is 9.10. The summed E-state index contributed by atoms with van der Waals surface area (Å²) in [4.78, 5) is 20.2. The second-order valence-electron chi connectivity index (χ2n) is 8.98. The second kappa shape index (κ2) is 11.4. The molecule has 1 atom stereocenters. The summed E-state index contributed by atoms with van der Waals surface area (Å²) in [5.74, 6) is 1.23. The number of benzene rings is 3. The molecule has 7 nitrogen and oxygen atoms in total. The Bertz CT molecular complexity index is 1570. The first-order valence-electron chi connectivity index (χ1n) is 12.0. The van der Waals surface area contributed by atoms with Gasteiger partial charge in [-0.05, 0) is 42.8 Å². The third-order valence-corrected chi connectivity index (χ3v) is 6.73. The number of hydrogen-bond acceptors (Lipinski definition) is 6. The zero-order chi connectivity index (χ0) is 26.5. The molecule has 0 spiro atoms. The van der Waals surface area contributed by atoms with Gasteiger partial charge in [-0.3, -0.25) is 4.79 Å². The van der Waals surface area contributed by atoms with Crippen LogP contribution in [0.4, 0.5) is 5.69 Å². The maximum Gasteiger partial charge on any atom is 0.282 e. The van der Waals surface area contributed by atoms with Gasteiger partial charge in [0.2, 0.25) is 0 Å². The van der Waals surface area contributed by atoms with E-state index in [4.69, 9.17) is 9.72 Å². The maximum absolute atomic E-state index is 13.5. The van der Waals surface area contributed by atoms with Crippen molar-refractivity contribution in [2.75, 3.05) is 19.0 Å². The first-order chi connectivity index (χ1) is 17.8. The number of rotatable bonds is 8. The quantitative estimate of drug-likeness (QED) is 0.245. The van der Waals surface area contributed by atoms with Crippen molar-refractivity contribution >= 4 is 38.7 Å². The fourth-order valence-electron chi connectivity index (χ4n) is 3.84. The molecular weight excluding hydrogens is 530 g/mol. The average Bonchev–Trinajstić information content (AvgIpc) is 2.91. The molecule has 0 bridgehead atoms. The van der Waals surface area contributed by atoms with E-state index in [1.54, 1.807) is 18.3 Å². The van der Waals surface area contributed by atoms with Gasteiger partial charge in [0.05, 0.1) is 28.8 Å². The Kier molecular flexibility index (Phi) is 8.04. The molecule has 0 N–H and O–H groups in total. The van der Waals surface area contributed by atoms with E-state index in [0.29, 0.717) is 33.6 Å². The minimum atomic E-state index is -0.229. The molecule has 1 heterocycles. The number of nitrogens with zero attached hydrogens (tertiary/aromatic N) is 5. The Labute approximate surface area is 224 Å². The van der Waals surface area contributed by atoms with Crippen LogP contribution in [0.15, 0.2) is 75.0 Å². The molecule has 0 amide bonds. The number of hydrogen-bond donors (Lipinski definition) is 0. The molecule has 0 aliphatic carbocycles. The molecule has 4 rings (SSSR count). The van der Waals surface area contributed by atoms with E-state index in [0.717, 1.165) is 22.1 Å². The number of halogens is 1. The van der Waals surface area contributed by atoms with Crippen molar-refractivity contribution in [3.05, 3.63) is 98.0 Å². The Morgan fingerprint density at radius 3 is 2.70 bits per heavy atom. The standard InChI is InChI=1S/C29H28BrN5O2/c1-5-19(2)28-33-26-13-11-23(30)14-25(26)29(36)35(28)32-17-21-10-12-24(34(3)4)15-27(21)37-18-22-9-7-6-8-20(22)16-31/h6-15,17,19H,5,18H2,1-4H3/t19-/m0/s1. The van der Waals surface area contributed by atoms with Crippen molar-refractivity contribution in [1.82, 2.24) is 9.66 Å². The van der Waals surface area contributed by atoms with Gasteiger partial charge in [0.15, 0.2) is 0 Å². The lowest BCUT2D eigenvalue weighted by Gasteiger charge is -2.17. The van der Waals surface area contributed by atoms with Gasteiger partial charge >= 0.3 is 0 Å². The fraction of sp³-hybridized carbons (Fsp3) is 0.241. The Balaban J connectivity index is 1.78. The summed E-state index contributed by atoms with van der Waals surface area (Å²) in [5.41, 5.74) is 3.44. The molecule has 37 heavy (non-hydrogen) atoms. The first-order valence-corrected chi connectivity index (χ1v) is 12.8. The molecule has 4 aromatic rings. The van der Waals surface area contributed by atoms with Crippen molar-refractivity contribution in [2.24, 2.45) is 5.10 Å². The second-order valence-corrected chi connectivity index (χ2v) is 9.89. The molecule has 0 aliphatic heterocycles. The third kappa shape index (κ3) is 5.73. The maximum atomic E-state index is 13.5. The van der Waals surface area contributed by atoms with Gasteiger partial charge in [0, 0.05) is 47.4 Å². The summed E-state index contributed by atoms with van der Waals surface area (Å²) in [5, 5.41) is 14.5. The minimum absolute atomic E-state index is 0.0345. The summed E-state index contributed by atoms with van der Waals surface area (Å²) in [6, 6.07) is 20.8. The van der Waals surface area contributed by atoms with Gasteiger partial charge < -0.3 is 9.64 Å². The van der Waals surface area contributed by atoms with Crippen LogP contribution in [0.3, 0.4) is 0 Å². The smallest absolute Gasteiger partial charge is 0.282 e. The van der Waals surface area contributed by atoms with Crippen molar-refractivity contribution in [1.29, 1.82) is 5.26 Å². The fourth-order valence-corrected chi connectivity index (χ4v) is 4.20. The number of anilines is 1. The molecule has 188 valence electrons. The van der Waals surface area contributed by atoms with Crippen LogP contribution >= 0.6 is 15.9 Å². The van der Waals surface area contributed by atoms with Crippen LogP contribution < -0.4 is 15.2 Å². The van der Waals surface area contributed by atoms with Gasteiger partial charge in [-0.15, -0.1) is 0 Å². The van der Waals surface area contributed by atoms with Gasteiger partial charge in [0.1, 0.15) is 18.2 Å². The van der Waals surface area contributed by atoms with E-state index in [1.807, 2.05) is 74.4 Å². The monoisotopic (exact) mass is 557 g/mol. The van der Waals surface area contributed by atoms with Crippen LogP contribution in [0.2, 0.25) is 0 Å². The van der Waals surface area contributed by atoms with Gasteiger partial charge in [-0.1, -0.05) is 48.0 Å². The van der Waals surface area contributed by atoms with Crippen molar-refractivity contribution in [3.8, 4) is 11.8 Å². The highest BCUT2D eigenvalue weighted by Gasteiger charge is 2.16. The highest BCUT2D eigenvalue weighted by Crippen LogP contribution is 2.26. The van der Waals surface area contributed by atoms with Gasteiger partial charge in [-0.2, -0.15) is 15.0 Å². The van der Waals surface area contributed by atoms with E-state index < -0.39 is 0 Å². The largest absolute Gasteiger partial charge is 0.488 e. The van der Waals surface area contributed by atoms with Gasteiger partial charge in [0.25, 0.3) is 5.56 Å². The predicted molar refractivity (Wildman–Crippen MR) is 152 cm³/mol. The number of ether oxygens (including phenoxy) is 1. The molecule has 0 saturated carbocycles. The Morgan fingerprint density at radius 1 is 1.19 bits per heavy atom. The number of nitriles is 1. The van der Waals surface area contributed by atoms with E-state index in [2.05, 4.69) is 34.0 Å². The van der Waals surface area contributed by atoms with Crippen LogP contribution in [0, 0.1) is 11.3 Å². The zero-order valence-electron chi connectivity index (χ0n) is 21.3.